The fraction of sp³-hybridized carbons (Fsp3) is 0. The van der Waals surface area contributed by atoms with Gasteiger partial charge in [-0.25, -0.2) is 0 Å². The van der Waals surface area contributed by atoms with E-state index in [1.807, 2.05) is 0 Å². The minimum Gasteiger partial charge on any atom is -0.0104 e. The van der Waals surface area contributed by atoms with Crippen molar-refractivity contribution in [3.63, 3.8) is 0 Å². The predicted molar refractivity (Wildman–Crippen MR) is 3.30 cm³/mol. The first kappa shape index (κ1) is 8.84. The van der Waals surface area contributed by atoms with Crippen molar-refractivity contribution in [1.29, 1.82) is 0 Å². The van der Waals surface area contributed by atoms with Crippen LogP contribution in [0.25, 0.3) is 0 Å². The first-order valence-corrected chi connectivity index (χ1v) is 0.309. The van der Waals surface area contributed by atoms with Crippen molar-refractivity contribution >= 4 is 0 Å². The zero-order chi connectivity index (χ0) is 2.71. The van der Waals surface area contributed by atoms with Crippen molar-refractivity contribution in [2.45, 2.75) is 0 Å². The maximum atomic E-state index is 9.12. The van der Waals surface area contributed by atoms with E-state index >= 15 is 0 Å². The normalized spacial score (nSPS) is 4.50. The van der Waals surface area contributed by atoms with Gasteiger partial charge in [-0.2, -0.15) is 0 Å². The molecule has 0 aromatic heterocycles. The van der Waals surface area contributed by atoms with Crippen LogP contribution in [0.5, 0.6) is 0 Å². The third kappa shape index (κ3) is 36.4. The van der Waals surface area contributed by atoms with E-state index in [0.717, 1.165) is 0 Å². The molecule has 1 nitrogen and oxygen atoms in total. The molecule has 0 atom stereocenters. The van der Waals surface area contributed by atoms with Gasteiger partial charge >= 0.3 is 0 Å². The number of hydrogen-bond acceptors (Lipinski definition) is 1. The summed E-state index contributed by atoms with van der Waals surface area (Å²) in [5, 5.41) is 1.25. The quantitative estimate of drug-likeness (QED) is 0.417. The fourth-order valence-electron chi connectivity index (χ4n) is 0. The van der Waals surface area contributed by atoms with Crippen LogP contribution in [-0.4, -0.2) is 0 Å². The Labute approximate surface area is 32.2 Å². The molecule has 0 amide bonds. The topological polar surface area (TPSA) is 9.23 Å². The van der Waals surface area contributed by atoms with Crippen LogP contribution >= 0.6 is 0 Å². The largest absolute Gasteiger partial charge is 0.0209 e. The summed E-state index contributed by atoms with van der Waals surface area (Å²) in [7, 11) is 0. The van der Waals surface area contributed by atoms with Crippen molar-refractivity contribution in [2.24, 2.45) is 0 Å². The van der Waals surface area contributed by atoms with Crippen LogP contribution in [0, 0.1) is 0 Å². The second-order valence-corrected chi connectivity index (χ2v) is 0.0583. The van der Waals surface area contributed by atoms with Gasteiger partial charge in [0.1, 0.15) is 0 Å². The fourth-order valence-corrected chi connectivity index (χ4v) is 0. The van der Waals surface area contributed by atoms with Gasteiger partial charge < -0.3 is 0 Å². The van der Waals surface area contributed by atoms with Crippen LogP contribution in [0.3, 0.4) is 0 Å². The van der Waals surface area contributed by atoms with Crippen molar-refractivity contribution in [3.05, 3.63) is 0 Å². The van der Waals surface area contributed by atoms with Gasteiger partial charge in [0, 0.05) is 22.2 Å². The molecule has 0 aliphatic heterocycles. The summed E-state index contributed by atoms with van der Waals surface area (Å²) in [4.78, 5) is 0. The predicted octanol–water partition coefficient (Wildman–Crippen LogP) is 0.770. The molecule has 0 spiro atoms. The Hall–Kier alpha value is 0.339. The van der Waals surface area contributed by atoms with Crippen LogP contribution in [0.2, 0.25) is 0 Å². The molecule has 0 bridgehead atoms. The first-order valence-electron chi connectivity index (χ1n) is 0.309. The van der Waals surface area contributed by atoms with Gasteiger partial charge in [-0.3, -0.25) is 0 Å². The number of halogens is 2. The Morgan fingerprint density at radius 3 is 1.25 bits per heavy atom. The SMILES string of the molecule is FOF.[Mn]. The second kappa shape index (κ2) is 10.2. The molecule has 0 fully saturated rings. The van der Waals surface area contributed by atoms with Crippen LogP contribution in [0.15, 0.2) is 0 Å². The molecule has 4 heavy (non-hydrogen) atoms. The van der Waals surface area contributed by atoms with Crippen LogP contribution in [0.4, 0.5) is 9.05 Å². The molecule has 0 saturated carbocycles. The molecule has 0 N–H and O–H groups in total. The molecule has 0 aromatic carbocycles. The standard InChI is InChI=1S/F2O.Mn/c1-3-2;. The summed E-state index contributed by atoms with van der Waals surface area (Å²) in [6.07, 6.45) is 0. The Kier molecular flexibility index (Phi) is 22.5. The molecule has 0 aliphatic rings. The summed E-state index contributed by atoms with van der Waals surface area (Å²) in [6, 6.07) is 0. The third-order valence-electron chi connectivity index (χ3n) is 0. The van der Waals surface area contributed by atoms with E-state index in [0.29, 0.717) is 0 Å². The van der Waals surface area contributed by atoms with Crippen LogP contribution in [0.1, 0.15) is 0 Å². The van der Waals surface area contributed by atoms with Gasteiger partial charge in [0.25, 0.3) is 0 Å². The van der Waals surface area contributed by atoms with Gasteiger partial charge in [0.05, 0.1) is 0 Å². The first-order chi connectivity index (χ1) is 1.41. The zero-order valence-electron chi connectivity index (χ0n) is 1.54. The van der Waals surface area contributed by atoms with Crippen LogP contribution < -0.4 is 0 Å². The Morgan fingerprint density at radius 2 is 1.25 bits per heavy atom. The van der Waals surface area contributed by atoms with Gasteiger partial charge in [0.15, 0.2) is 0 Å². The van der Waals surface area contributed by atoms with E-state index in [2.05, 4.69) is 0 Å². The van der Waals surface area contributed by atoms with Crippen molar-refractivity contribution in [1.82, 2.24) is 0 Å². The molecular formula is F2MnO. The molecule has 0 heterocycles. The monoisotopic (exact) mass is 109 g/mol. The van der Waals surface area contributed by atoms with E-state index in [-0.39, 0.29) is 17.1 Å². The van der Waals surface area contributed by atoms with E-state index in [4.69, 9.17) is 9.05 Å². The Morgan fingerprint density at radius 1 is 1.25 bits per heavy atom. The maximum Gasteiger partial charge on any atom is 0.0209 e. The third-order valence-corrected chi connectivity index (χ3v) is 0. The summed E-state index contributed by atoms with van der Waals surface area (Å²) >= 11 is 0. The minimum atomic E-state index is 0. The Balaban J connectivity index is 0. The zero-order valence-corrected chi connectivity index (χ0v) is 2.72. The molecule has 0 aromatic rings. The van der Waals surface area contributed by atoms with E-state index in [1.54, 1.807) is 0 Å². The van der Waals surface area contributed by atoms with Gasteiger partial charge in [-0.1, -0.05) is 0 Å². The molecular weight excluding hydrogens is 109 g/mol. The summed E-state index contributed by atoms with van der Waals surface area (Å²) in [5.74, 6) is 0. The maximum absolute atomic E-state index is 9.12. The molecule has 0 aliphatic carbocycles. The molecule has 0 saturated heterocycles. The molecule has 0 unspecified atom stereocenters. The number of rotatable bonds is 0. The van der Waals surface area contributed by atoms with Crippen LogP contribution in [-0.2, 0) is 22.2 Å². The second-order valence-electron chi connectivity index (χ2n) is 0.0583. The van der Waals surface area contributed by atoms with E-state index in [9.17, 15) is 0 Å². The molecule has 27 valence electrons. The molecule has 4 heteroatoms. The summed E-state index contributed by atoms with van der Waals surface area (Å²) in [5.41, 5.74) is 0. The van der Waals surface area contributed by atoms with Gasteiger partial charge in [-0.05, 0) is 9.05 Å². The van der Waals surface area contributed by atoms with Crippen molar-refractivity contribution in [3.8, 4) is 0 Å². The average Bonchev–Trinajstić information content (AvgIpc) is 0.918. The van der Waals surface area contributed by atoms with E-state index < -0.39 is 0 Å². The number of hydrogen-bond donors (Lipinski definition) is 0. The molecule has 1 radical (unpaired) electrons. The van der Waals surface area contributed by atoms with Gasteiger partial charge in [-0.15, -0.1) is 0 Å². The molecule has 0 rings (SSSR count). The summed E-state index contributed by atoms with van der Waals surface area (Å²) < 4.78 is 18.2. The van der Waals surface area contributed by atoms with Gasteiger partial charge in [0.2, 0.25) is 0 Å². The Bertz CT molecular complexity index is 6.00. The average molecular weight is 109 g/mol. The smallest absolute Gasteiger partial charge is 0.0104 e. The van der Waals surface area contributed by atoms with Crippen molar-refractivity contribution < 1.29 is 31.3 Å². The minimum absolute atomic E-state index is 0. The van der Waals surface area contributed by atoms with Crippen molar-refractivity contribution in [2.75, 3.05) is 0 Å². The van der Waals surface area contributed by atoms with E-state index in [1.165, 1.54) is 5.15 Å². The summed E-state index contributed by atoms with van der Waals surface area (Å²) in [6.45, 7) is 0.